The van der Waals surface area contributed by atoms with Crippen molar-refractivity contribution in [3.63, 3.8) is 0 Å². The van der Waals surface area contributed by atoms with Crippen LogP contribution in [0.15, 0.2) is 12.3 Å². The summed E-state index contributed by atoms with van der Waals surface area (Å²) in [5.41, 5.74) is -0.589. The lowest BCUT2D eigenvalue weighted by atomic mass is 9.99. The molecule has 0 aliphatic carbocycles. The second-order valence-corrected chi connectivity index (χ2v) is 5.13. The molecule has 0 unspecified atom stereocenters. The second-order valence-electron chi connectivity index (χ2n) is 5.13. The normalized spacial score (nSPS) is 18.1. The molecule has 1 amide bonds. The van der Waals surface area contributed by atoms with Crippen LogP contribution in [0.4, 0.5) is 11.8 Å². The molecule has 1 aliphatic heterocycles. The molecule has 1 aromatic rings. The van der Waals surface area contributed by atoms with Crippen LogP contribution in [0.3, 0.4) is 0 Å². The Bertz CT molecular complexity index is 460. The quantitative estimate of drug-likeness (QED) is 0.848. The first-order valence-corrected chi connectivity index (χ1v) is 6.68. The number of anilines is 2. The minimum atomic E-state index is -0.589. The minimum absolute atomic E-state index is 0.0282. The molecule has 0 spiro atoms. The third kappa shape index (κ3) is 2.77. The highest BCUT2D eigenvalue weighted by Gasteiger charge is 2.38. The molecule has 1 fully saturated rings. The van der Waals surface area contributed by atoms with Crippen molar-refractivity contribution < 1.29 is 4.79 Å². The Labute approximate surface area is 113 Å². The standard InChI is InChI=1S/C13H21N5O/c1-4-6-15-12-16-7-5-10(17-12)18-9-8-14-11(19)13(18,2)3/h5,7H,4,6,8-9H2,1-3H3,(H,14,19)(H,15,16,17). The molecule has 0 atom stereocenters. The molecule has 2 heterocycles. The van der Waals surface area contributed by atoms with Crippen LogP contribution in [0.5, 0.6) is 0 Å². The van der Waals surface area contributed by atoms with Crippen LogP contribution in [0.1, 0.15) is 27.2 Å². The Kier molecular flexibility index (Phi) is 3.87. The Morgan fingerprint density at radius 1 is 1.53 bits per heavy atom. The van der Waals surface area contributed by atoms with Gasteiger partial charge in [0.05, 0.1) is 0 Å². The number of carbonyl (C=O) groups excluding carboxylic acids is 1. The van der Waals surface area contributed by atoms with Gasteiger partial charge in [-0.3, -0.25) is 4.79 Å². The third-order valence-electron chi connectivity index (χ3n) is 3.30. The van der Waals surface area contributed by atoms with Crippen molar-refractivity contribution in [1.82, 2.24) is 15.3 Å². The predicted molar refractivity (Wildman–Crippen MR) is 75.2 cm³/mol. The maximum Gasteiger partial charge on any atom is 0.245 e. The molecule has 1 aliphatic rings. The number of hydrogen-bond donors (Lipinski definition) is 2. The maximum absolute atomic E-state index is 11.9. The Morgan fingerprint density at radius 3 is 3.05 bits per heavy atom. The molecular weight excluding hydrogens is 242 g/mol. The van der Waals surface area contributed by atoms with Crippen LogP contribution in [0, 0.1) is 0 Å². The Balaban J connectivity index is 2.23. The summed E-state index contributed by atoms with van der Waals surface area (Å²) in [5, 5.41) is 6.04. The van der Waals surface area contributed by atoms with Gasteiger partial charge in [-0.1, -0.05) is 6.92 Å². The van der Waals surface area contributed by atoms with Gasteiger partial charge in [-0.15, -0.1) is 0 Å². The summed E-state index contributed by atoms with van der Waals surface area (Å²) in [4.78, 5) is 22.6. The fraction of sp³-hybridized carbons (Fsp3) is 0.615. The van der Waals surface area contributed by atoms with Crippen LogP contribution < -0.4 is 15.5 Å². The van der Waals surface area contributed by atoms with Gasteiger partial charge < -0.3 is 15.5 Å². The maximum atomic E-state index is 11.9. The van der Waals surface area contributed by atoms with Crippen LogP contribution >= 0.6 is 0 Å². The van der Waals surface area contributed by atoms with Crippen LogP contribution in [-0.2, 0) is 4.79 Å². The molecule has 104 valence electrons. The van der Waals surface area contributed by atoms with E-state index in [0.29, 0.717) is 12.5 Å². The average molecular weight is 263 g/mol. The van der Waals surface area contributed by atoms with Gasteiger partial charge in [0.2, 0.25) is 11.9 Å². The lowest BCUT2D eigenvalue weighted by molar-refractivity contribution is -0.126. The second kappa shape index (κ2) is 5.42. The molecule has 1 aromatic heterocycles. The molecule has 19 heavy (non-hydrogen) atoms. The van der Waals surface area contributed by atoms with E-state index < -0.39 is 5.54 Å². The first kappa shape index (κ1) is 13.6. The summed E-state index contributed by atoms with van der Waals surface area (Å²) in [6.45, 7) is 8.14. The monoisotopic (exact) mass is 263 g/mol. The number of amides is 1. The lowest BCUT2D eigenvalue weighted by Crippen LogP contribution is -2.62. The van der Waals surface area contributed by atoms with Crippen molar-refractivity contribution in [3.05, 3.63) is 12.3 Å². The highest BCUT2D eigenvalue weighted by Crippen LogP contribution is 2.24. The van der Waals surface area contributed by atoms with Gasteiger partial charge in [0, 0.05) is 25.8 Å². The number of carbonyl (C=O) groups is 1. The third-order valence-corrected chi connectivity index (χ3v) is 3.30. The zero-order valence-corrected chi connectivity index (χ0v) is 11.7. The number of piperazine rings is 1. The smallest absolute Gasteiger partial charge is 0.245 e. The van der Waals surface area contributed by atoms with Crippen molar-refractivity contribution in [1.29, 1.82) is 0 Å². The van der Waals surface area contributed by atoms with Gasteiger partial charge in [0.15, 0.2) is 0 Å². The molecule has 0 radical (unpaired) electrons. The van der Waals surface area contributed by atoms with Crippen molar-refractivity contribution in [3.8, 4) is 0 Å². The Hall–Kier alpha value is -1.85. The largest absolute Gasteiger partial charge is 0.354 e. The molecule has 6 heteroatoms. The molecule has 2 rings (SSSR count). The fourth-order valence-corrected chi connectivity index (χ4v) is 2.12. The first-order chi connectivity index (χ1) is 9.05. The number of nitrogens with zero attached hydrogens (tertiary/aromatic N) is 3. The SMILES string of the molecule is CCCNc1nccc(N2CCNC(=O)C2(C)C)n1. The van der Waals surface area contributed by atoms with Crippen molar-refractivity contribution in [2.45, 2.75) is 32.7 Å². The highest BCUT2D eigenvalue weighted by molar-refractivity contribution is 5.90. The number of nitrogens with one attached hydrogen (secondary N) is 2. The van der Waals surface area contributed by atoms with Crippen molar-refractivity contribution in [2.24, 2.45) is 0 Å². The van der Waals surface area contributed by atoms with E-state index in [9.17, 15) is 4.79 Å². The van der Waals surface area contributed by atoms with Crippen molar-refractivity contribution >= 4 is 17.7 Å². The zero-order chi connectivity index (χ0) is 13.9. The topological polar surface area (TPSA) is 70.2 Å². The van der Waals surface area contributed by atoms with Crippen molar-refractivity contribution in [2.75, 3.05) is 29.9 Å². The minimum Gasteiger partial charge on any atom is -0.354 e. The van der Waals surface area contributed by atoms with Crippen LogP contribution in [-0.4, -0.2) is 41.0 Å². The summed E-state index contributed by atoms with van der Waals surface area (Å²) in [6.07, 6.45) is 2.74. The van der Waals surface area contributed by atoms with E-state index in [4.69, 9.17) is 0 Å². The van der Waals surface area contributed by atoms with Gasteiger partial charge in [0.1, 0.15) is 11.4 Å². The molecule has 0 bridgehead atoms. The molecule has 1 saturated heterocycles. The van der Waals surface area contributed by atoms with E-state index in [2.05, 4.69) is 27.5 Å². The van der Waals surface area contributed by atoms with E-state index in [1.54, 1.807) is 6.20 Å². The number of hydrogen-bond acceptors (Lipinski definition) is 5. The van der Waals surface area contributed by atoms with E-state index in [0.717, 1.165) is 25.3 Å². The predicted octanol–water partition coefficient (Wildman–Crippen LogP) is 1.01. The summed E-state index contributed by atoms with van der Waals surface area (Å²) < 4.78 is 0. The fourth-order valence-electron chi connectivity index (χ4n) is 2.12. The van der Waals surface area contributed by atoms with E-state index >= 15 is 0 Å². The lowest BCUT2D eigenvalue weighted by Gasteiger charge is -2.41. The molecule has 0 saturated carbocycles. The molecule has 6 nitrogen and oxygen atoms in total. The summed E-state index contributed by atoms with van der Waals surface area (Å²) in [5.74, 6) is 1.43. The summed E-state index contributed by atoms with van der Waals surface area (Å²) >= 11 is 0. The summed E-state index contributed by atoms with van der Waals surface area (Å²) in [7, 11) is 0. The average Bonchev–Trinajstić information content (AvgIpc) is 2.40. The Morgan fingerprint density at radius 2 is 2.32 bits per heavy atom. The first-order valence-electron chi connectivity index (χ1n) is 6.68. The van der Waals surface area contributed by atoms with E-state index in [-0.39, 0.29) is 5.91 Å². The van der Waals surface area contributed by atoms with Gasteiger partial charge in [0.25, 0.3) is 0 Å². The molecule has 2 N–H and O–H groups in total. The number of aromatic nitrogens is 2. The zero-order valence-electron chi connectivity index (χ0n) is 11.7. The highest BCUT2D eigenvalue weighted by atomic mass is 16.2. The molecular formula is C13H21N5O. The van der Waals surface area contributed by atoms with Gasteiger partial charge in [-0.05, 0) is 26.3 Å². The number of rotatable bonds is 4. The molecule has 0 aromatic carbocycles. The van der Waals surface area contributed by atoms with E-state index in [1.807, 2.05) is 24.8 Å². The van der Waals surface area contributed by atoms with E-state index in [1.165, 1.54) is 0 Å². The summed E-state index contributed by atoms with van der Waals surface area (Å²) in [6, 6.07) is 1.84. The van der Waals surface area contributed by atoms with Gasteiger partial charge >= 0.3 is 0 Å². The van der Waals surface area contributed by atoms with Crippen LogP contribution in [0.25, 0.3) is 0 Å². The van der Waals surface area contributed by atoms with Gasteiger partial charge in [-0.25, -0.2) is 4.98 Å². The van der Waals surface area contributed by atoms with Gasteiger partial charge in [-0.2, -0.15) is 4.98 Å². The van der Waals surface area contributed by atoms with Crippen LogP contribution in [0.2, 0.25) is 0 Å².